The molecule has 0 N–H and O–H groups in total. The van der Waals surface area contributed by atoms with Crippen molar-refractivity contribution in [1.29, 1.82) is 0 Å². The molecule has 0 amide bonds. The Kier molecular flexibility index (Phi) is 4.82. The fraction of sp³-hybridized carbons (Fsp3) is 0.417. The number of esters is 1. The summed E-state index contributed by atoms with van der Waals surface area (Å²) in [5.74, 6) is -0.220. The van der Waals surface area contributed by atoms with Gasteiger partial charge in [0.05, 0.1) is 5.57 Å². The number of halogens is 1. The van der Waals surface area contributed by atoms with Gasteiger partial charge in [-0.25, -0.2) is 4.79 Å². The van der Waals surface area contributed by atoms with Crippen LogP contribution in [0, 0.1) is 5.92 Å². The van der Waals surface area contributed by atoms with Crippen molar-refractivity contribution in [1.82, 2.24) is 0 Å². The SMILES string of the molecule is C=CCCC[C@@H]1OC(=O)/C(=C\Br)[C@H]1C=C. The minimum absolute atomic E-state index is 0.0155. The van der Waals surface area contributed by atoms with E-state index >= 15 is 0 Å². The number of rotatable bonds is 5. The molecule has 1 saturated heterocycles. The lowest BCUT2D eigenvalue weighted by Gasteiger charge is -2.13. The van der Waals surface area contributed by atoms with Crippen LogP contribution in [0.3, 0.4) is 0 Å². The smallest absolute Gasteiger partial charge is 0.335 e. The molecule has 0 unspecified atom stereocenters. The van der Waals surface area contributed by atoms with Crippen LogP contribution in [0.25, 0.3) is 0 Å². The summed E-state index contributed by atoms with van der Waals surface area (Å²) in [4.78, 5) is 13.1. The van der Waals surface area contributed by atoms with Gasteiger partial charge in [0.15, 0.2) is 0 Å². The second kappa shape index (κ2) is 5.91. The normalized spacial score (nSPS) is 27.8. The number of hydrogen-bond acceptors (Lipinski definition) is 2. The monoisotopic (exact) mass is 270 g/mol. The minimum Gasteiger partial charge on any atom is -0.458 e. The highest BCUT2D eigenvalue weighted by atomic mass is 79.9. The summed E-state index contributed by atoms with van der Waals surface area (Å²) < 4.78 is 5.27. The molecule has 0 radical (unpaired) electrons. The van der Waals surface area contributed by atoms with Crippen LogP contribution in [0.15, 0.2) is 35.9 Å². The molecule has 1 heterocycles. The number of cyclic esters (lactones) is 1. The molecule has 0 aliphatic carbocycles. The van der Waals surface area contributed by atoms with Gasteiger partial charge >= 0.3 is 5.97 Å². The van der Waals surface area contributed by atoms with Gasteiger partial charge in [-0.05, 0) is 24.2 Å². The third-order valence-corrected chi connectivity index (χ3v) is 3.02. The molecule has 0 saturated carbocycles. The van der Waals surface area contributed by atoms with Gasteiger partial charge in [0.2, 0.25) is 0 Å². The first kappa shape index (κ1) is 12.2. The molecular weight excluding hydrogens is 256 g/mol. The van der Waals surface area contributed by atoms with Gasteiger partial charge < -0.3 is 4.74 Å². The lowest BCUT2D eigenvalue weighted by molar-refractivity contribution is -0.139. The van der Waals surface area contributed by atoms with E-state index in [9.17, 15) is 4.79 Å². The Balaban J connectivity index is 2.62. The summed E-state index contributed by atoms with van der Waals surface area (Å²) in [6, 6.07) is 0. The molecule has 3 heteroatoms. The minimum atomic E-state index is -0.236. The van der Waals surface area contributed by atoms with Crippen LogP contribution in [0.2, 0.25) is 0 Å². The molecule has 1 aliphatic heterocycles. The van der Waals surface area contributed by atoms with Crippen LogP contribution in [0.5, 0.6) is 0 Å². The molecule has 0 spiro atoms. The van der Waals surface area contributed by atoms with Gasteiger partial charge in [0.25, 0.3) is 0 Å². The van der Waals surface area contributed by atoms with Crippen molar-refractivity contribution < 1.29 is 9.53 Å². The van der Waals surface area contributed by atoms with Crippen LogP contribution in [0.1, 0.15) is 19.3 Å². The predicted molar refractivity (Wildman–Crippen MR) is 64.6 cm³/mol. The van der Waals surface area contributed by atoms with Crippen molar-refractivity contribution in [3.05, 3.63) is 35.9 Å². The molecule has 2 atom stereocenters. The Labute approximate surface area is 98.8 Å². The van der Waals surface area contributed by atoms with E-state index in [0.29, 0.717) is 5.57 Å². The first-order valence-corrected chi connectivity index (χ1v) is 5.90. The van der Waals surface area contributed by atoms with Gasteiger partial charge in [-0.1, -0.05) is 28.1 Å². The average molecular weight is 271 g/mol. The van der Waals surface area contributed by atoms with E-state index in [1.807, 2.05) is 6.08 Å². The first-order chi connectivity index (χ1) is 7.24. The number of unbranched alkanes of at least 4 members (excludes halogenated alkanes) is 1. The van der Waals surface area contributed by atoms with Crippen LogP contribution >= 0.6 is 15.9 Å². The van der Waals surface area contributed by atoms with Crippen molar-refractivity contribution in [3.63, 3.8) is 0 Å². The zero-order chi connectivity index (χ0) is 11.3. The van der Waals surface area contributed by atoms with E-state index < -0.39 is 0 Å². The van der Waals surface area contributed by atoms with Gasteiger partial charge in [0.1, 0.15) is 6.10 Å². The standard InChI is InChI=1S/C12H15BrO2/c1-3-5-6-7-11-9(4-2)10(8-13)12(14)15-11/h3-4,8-9,11H,1-2,5-7H2/b10-8-/t9-,11+/m1/s1. The summed E-state index contributed by atoms with van der Waals surface area (Å²) in [5, 5.41) is 0. The number of carbonyl (C=O) groups excluding carboxylic acids is 1. The second-order valence-electron chi connectivity index (χ2n) is 3.49. The van der Waals surface area contributed by atoms with Gasteiger partial charge in [-0.2, -0.15) is 0 Å². The van der Waals surface area contributed by atoms with E-state index in [-0.39, 0.29) is 18.0 Å². The molecule has 0 aromatic rings. The quantitative estimate of drug-likeness (QED) is 0.332. The Morgan fingerprint density at radius 2 is 2.20 bits per heavy atom. The fourth-order valence-corrected chi connectivity index (χ4v) is 2.21. The van der Waals surface area contributed by atoms with Gasteiger partial charge in [0, 0.05) is 5.92 Å². The Hall–Kier alpha value is -0.830. The summed E-state index contributed by atoms with van der Waals surface area (Å²) in [5.41, 5.74) is 0.661. The van der Waals surface area contributed by atoms with E-state index in [2.05, 4.69) is 29.1 Å². The maximum Gasteiger partial charge on any atom is 0.335 e. The average Bonchev–Trinajstić information content (AvgIpc) is 2.54. The van der Waals surface area contributed by atoms with Crippen LogP contribution in [-0.2, 0) is 9.53 Å². The van der Waals surface area contributed by atoms with Crippen molar-refractivity contribution >= 4 is 21.9 Å². The zero-order valence-corrected chi connectivity index (χ0v) is 10.2. The Morgan fingerprint density at radius 3 is 2.73 bits per heavy atom. The van der Waals surface area contributed by atoms with Crippen LogP contribution in [-0.4, -0.2) is 12.1 Å². The Morgan fingerprint density at radius 1 is 1.47 bits per heavy atom. The molecule has 1 aliphatic rings. The fourth-order valence-electron chi connectivity index (χ4n) is 1.71. The molecule has 1 fully saturated rings. The molecule has 1 rings (SSSR count). The molecule has 0 aromatic carbocycles. The highest BCUT2D eigenvalue weighted by Gasteiger charge is 2.36. The molecule has 2 nitrogen and oxygen atoms in total. The maximum atomic E-state index is 11.4. The number of allylic oxidation sites excluding steroid dienone is 1. The molecular formula is C12H15BrO2. The number of hydrogen-bond donors (Lipinski definition) is 0. The molecule has 15 heavy (non-hydrogen) atoms. The summed E-state index contributed by atoms with van der Waals surface area (Å²) in [7, 11) is 0. The van der Waals surface area contributed by atoms with Crippen molar-refractivity contribution in [2.24, 2.45) is 5.92 Å². The summed E-state index contributed by atoms with van der Waals surface area (Å²) in [6.45, 7) is 7.40. The van der Waals surface area contributed by atoms with Crippen LogP contribution in [0.4, 0.5) is 0 Å². The highest BCUT2D eigenvalue weighted by molar-refractivity contribution is 9.11. The molecule has 82 valence electrons. The van der Waals surface area contributed by atoms with E-state index in [1.54, 1.807) is 11.1 Å². The Bertz CT molecular complexity index is 294. The molecule has 0 aromatic heterocycles. The topological polar surface area (TPSA) is 26.3 Å². The van der Waals surface area contributed by atoms with Crippen molar-refractivity contribution in [2.45, 2.75) is 25.4 Å². The van der Waals surface area contributed by atoms with Gasteiger partial charge in [-0.3, -0.25) is 0 Å². The van der Waals surface area contributed by atoms with Gasteiger partial charge in [-0.15, -0.1) is 13.2 Å². The zero-order valence-electron chi connectivity index (χ0n) is 8.62. The number of carbonyl (C=O) groups is 1. The molecule has 0 bridgehead atoms. The lowest BCUT2D eigenvalue weighted by atomic mass is 9.94. The third kappa shape index (κ3) is 2.81. The number of ether oxygens (including phenoxy) is 1. The second-order valence-corrected chi connectivity index (χ2v) is 3.95. The lowest BCUT2D eigenvalue weighted by Crippen LogP contribution is -2.14. The van der Waals surface area contributed by atoms with E-state index in [0.717, 1.165) is 19.3 Å². The van der Waals surface area contributed by atoms with E-state index in [4.69, 9.17) is 4.74 Å². The van der Waals surface area contributed by atoms with Crippen LogP contribution < -0.4 is 0 Å². The predicted octanol–water partition coefficient (Wildman–Crippen LogP) is 3.35. The van der Waals surface area contributed by atoms with Crippen molar-refractivity contribution in [3.8, 4) is 0 Å². The third-order valence-electron chi connectivity index (χ3n) is 2.52. The largest absolute Gasteiger partial charge is 0.458 e. The van der Waals surface area contributed by atoms with E-state index in [1.165, 1.54) is 0 Å². The van der Waals surface area contributed by atoms with Crippen molar-refractivity contribution in [2.75, 3.05) is 0 Å². The summed E-state index contributed by atoms with van der Waals surface area (Å²) in [6.07, 6.45) is 6.39. The maximum absolute atomic E-state index is 11.4. The summed E-state index contributed by atoms with van der Waals surface area (Å²) >= 11 is 3.18. The first-order valence-electron chi connectivity index (χ1n) is 4.99. The highest BCUT2D eigenvalue weighted by Crippen LogP contribution is 2.32.